The quantitative estimate of drug-likeness (QED) is 0.742. The van der Waals surface area contributed by atoms with Gasteiger partial charge < -0.3 is 4.90 Å². The molecule has 1 aliphatic carbocycles. The monoisotopic (exact) mass is 343 g/mol. The van der Waals surface area contributed by atoms with E-state index in [2.05, 4.69) is 18.7 Å². The van der Waals surface area contributed by atoms with Gasteiger partial charge >= 0.3 is 0 Å². The third kappa shape index (κ3) is 3.42. The van der Waals surface area contributed by atoms with Crippen molar-refractivity contribution in [2.24, 2.45) is 5.92 Å². The number of nitrogens with zero attached hydrogens (tertiary/aromatic N) is 3. The zero-order valence-electron chi connectivity index (χ0n) is 14.5. The minimum absolute atomic E-state index is 0.104. The zero-order valence-corrected chi connectivity index (χ0v) is 15.3. The van der Waals surface area contributed by atoms with Crippen molar-refractivity contribution in [1.82, 2.24) is 14.1 Å². The van der Waals surface area contributed by atoms with Gasteiger partial charge in [0, 0.05) is 50.2 Å². The molecule has 2 heterocycles. The van der Waals surface area contributed by atoms with Crippen molar-refractivity contribution < 1.29 is 13.2 Å². The van der Waals surface area contributed by atoms with Crippen molar-refractivity contribution in [3.8, 4) is 0 Å². The summed E-state index contributed by atoms with van der Waals surface area (Å²) in [5, 5.41) is 0. The minimum Gasteiger partial charge on any atom is -0.340 e. The molecule has 3 aliphatic rings. The molecule has 1 unspecified atom stereocenters. The topological polar surface area (TPSA) is 60.9 Å². The van der Waals surface area contributed by atoms with E-state index in [1.807, 2.05) is 4.90 Å². The Bertz CT molecular complexity index is 569. The second kappa shape index (κ2) is 6.01. The number of amides is 1. The molecule has 6 nitrogen and oxygen atoms in total. The van der Waals surface area contributed by atoms with Crippen LogP contribution >= 0.6 is 0 Å². The first-order chi connectivity index (χ1) is 10.7. The van der Waals surface area contributed by atoms with E-state index in [4.69, 9.17) is 0 Å². The molecule has 1 atom stereocenters. The molecule has 7 heteroatoms. The molecule has 1 amide bonds. The highest BCUT2D eigenvalue weighted by Gasteiger charge is 2.45. The van der Waals surface area contributed by atoms with E-state index in [1.54, 1.807) is 4.31 Å². The largest absolute Gasteiger partial charge is 0.340 e. The SMILES string of the molecule is CC1(C)CN(S(C)(=O)=O)CC2CN(C(=O)C3CCCC3)CCN21. The van der Waals surface area contributed by atoms with Crippen LogP contribution in [0.2, 0.25) is 0 Å². The molecule has 23 heavy (non-hydrogen) atoms. The highest BCUT2D eigenvalue weighted by molar-refractivity contribution is 7.88. The fourth-order valence-corrected chi connectivity index (χ4v) is 5.51. The smallest absolute Gasteiger partial charge is 0.225 e. The lowest BCUT2D eigenvalue weighted by Crippen LogP contribution is -2.70. The maximum Gasteiger partial charge on any atom is 0.225 e. The van der Waals surface area contributed by atoms with Crippen molar-refractivity contribution in [1.29, 1.82) is 0 Å². The molecule has 0 aromatic heterocycles. The van der Waals surface area contributed by atoms with E-state index in [0.29, 0.717) is 19.6 Å². The van der Waals surface area contributed by atoms with Gasteiger partial charge in [-0.05, 0) is 26.7 Å². The van der Waals surface area contributed by atoms with Crippen molar-refractivity contribution >= 4 is 15.9 Å². The van der Waals surface area contributed by atoms with Crippen molar-refractivity contribution in [3.63, 3.8) is 0 Å². The average molecular weight is 343 g/mol. The van der Waals surface area contributed by atoms with Crippen LogP contribution in [0.1, 0.15) is 39.5 Å². The van der Waals surface area contributed by atoms with Gasteiger partial charge in [0.2, 0.25) is 15.9 Å². The van der Waals surface area contributed by atoms with Crippen LogP contribution in [0.5, 0.6) is 0 Å². The molecular formula is C16H29N3O3S. The molecule has 0 aromatic carbocycles. The van der Waals surface area contributed by atoms with Crippen LogP contribution in [0, 0.1) is 5.92 Å². The number of fused-ring (bicyclic) bond motifs is 1. The molecule has 0 radical (unpaired) electrons. The van der Waals surface area contributed by atoms with Gasteiger partial charge in [-0.25, -0.2) is 8.42 Å². The summed E-state index contributed by atoms with van der Waals surface area (Å²) in [7, 11) is -3.20. The van der Waals surface area contributed by atoms with Crippen LogP contribution in [0.15, 0.2) is 0 Å². The van der Waals surface area contributed by atoms with Gasteiger partial charge in [-0.1, -0.05) is 12.8 Å². The molecule has 1 saturated carbocycles. The third-order valence-electron chi connectivity index (χ3n) is 5.72. The van der Waals surface area contributed by atoms with E-state index < -0.39 is 10.0 Å². The maximum absolute atomic E-state index is 12.7. The average Bonchev–Trinajstić information content (AvgIpc) is 2.98. The predicted octanol–water partition coefficient (Wildman–Crippen LogP) is 0.743. The van der Waals surface area contributed by atoms with E-state index in [0.717, 1.165) is 38.8 Å². The third-order valence-corrected chi connectivity index (χ3v) is 6.94. The predicted molar refractivity (Wildman–Crippen MR) is 89.5 cm³/mol. The second-order valence-electron chi connectivity index (χ2n) is 7.98. The lowest BCUT2D eigenvalue weighted by atomic mass is 9.93. The molecule has 0 aromatic rings. The summed E-state index contributed by atoms with van der Waals surface area (Å²) in [6, 6.07) is 0.104. The van der Waals surface area contributed by atoms with Crippen LogP contribution in [0.3, 0.4) is 0 Å². The van der Waals surface area contributed by atoms with E-state index >= 15 is 0 Å². The van der Waals surface area contributed by atoms with Gasteiger partial charge in [0.25, 0.3) is 0 Å². The van der Waals surface area contributed by atoms with Gasteiger partial charge in [0.15, 0.2) is 0 Å². The summed E-state index contributed by atoms with van der Waals surface area (Å²) < 4.78 is 25.6. The number of hydrogen-bond acceptors (Lipinski definition) is 4. The van der Waals surface area contributed by atoms with Crippen LogP contribution in [0.4, 0.5) is 0 Å². The van der Waals surface area contributed by atoms with Crippen molar-refractivity contribution in [2.45, 2.75) is 51.1 Å². The van der Waals surface area contributed by atoms with Gasteiger partial charge in [-0.15, -0.1) is 0 Å². The fourth-order valence-electron chi connectivity index (χ4n) is 4.51. The summed E-state index contributed by atoms with van der Waals surface area (Å²) in [4.78, 5) is 17.1. The normalized spacial score (nSPS) is 30.4. The zero-order chi connectivity index (χ0) is 16.8. The molecule has 0 spiro atoms. The first kappa shape index (κ1) is 17.2. The Hall–Kier alpha value is -0.660. The Labute approximate surface area is 139 Å². The number of rotatable bonds is 2. The van der Waals surface area contributed by atoms with Crippen LogP contribution in [-0.4, -0.2) is 79.0 Å². The Morgan fingerprint density at radius 2 is 1.74 bits per heavy atom. The number of piperazine rings is 2. The second-order valence-corrected chi connectivity index (χ2v) is 9.96. The number of sulfonamides is 1. The fraction of sp³-hybridized carbons (Fsp3) is 0.938. The molecule has 2 aliphatic heterocycles. The molecule has 0 N–H and O–H groups in total. The Balaban J connectivity index is 1.73. The number of carbonyl (C=O) groups excluding carboxylic acids is 1. The molecule has 3 fully saturated rings. The maximum atomic E-state index is 12.7. The summed E-state index contributed by atoms with van der Waals surface area (Å²) in [5.74, 6) is 0.487. The Kier molecular flexibility index (Phi) is 4.48. The van der Waals surface area contributed by atoms with Crippen LogP contribution < -0.4 is 0 Å². The molecule has 2 saturated heterocycles. The summed E-state index contributed by atoms with van der Waals surface area (Å²) >= 11 is 0. The molecular weight excluding hydrogens is 314 g/mol. The van der Waals surface area contributed by atoms with E-state index in [1.165, 1.54) is 6.26 Å². The Morgan fingerprint density at radius 3 is 2.35 bits per heavy atom. The van der Waals surface area contributed by atoms with Gasteiger partial charge in [0.1, 0.15) is 0 Å². The molecule has 0 bridgehead atoms. The standard InChI is InChI=1S/C16H29N3O3S/c1-16(2)12-18(23(3,21)22)11-14-10-17(8-9-19(14)16)15(20)13-6-4-5-7-13/h13-14H,4-12H2,1-3H3. The lowest BCUT2D eigenvalue weighted by Gasteiger charge is -2.55. The van der Waals surface area contributed by atoms with Gasteiger partial charge in [-0.2, -0.15) is 4.31 Å². The van der Waals surface area contributed by atoms with Gasteiger partial charge in [0.05, 0.1) is 6.26 Å². The van der Waals surface area contributed by atoms with Crippen molar-refractivity contribution in [2.75, 3.05) is 39.0 Å². The number of carbonyl (C=O) groups is 1. The summed E-state index contributed by atoms with van der Waals surface area (Å²) in [5.41, 5.74) is -0.186. The van der Waals surface area contributed by atoms with Crippen LogP contribution in [-0.2, 0) is 14.8 Å². The molecule has 132 valence electrons. The first-order valence-corrected chi connectivity index (χ1v) is 10.5. The lowest BCUT2D eigenvalue weighted by molar-refractivity contribution is -0.141. The Morgan fingerprint density at radius 1 is 1.09 bits per heavy atom. The molecule has 3 rings (SSSR count). The summed E-state index contributed by atoms with van der Waals surface area (Å²) in [6.45, 7) is 7.50. The first-order valence-electron chi connectivity index (χ1n) is 8.69. The van der Waals surface area contributed by atoms with Crippen LogP contribution in [0.25, 0.3) is 0 Å². The summed E-state index contributed by atoms with van der Waals surface area (Å²) in [6.07, 6.45) is 5.64. The highest BCUT2D eigenvalue weighted by atomic mass is 32.2. The van der Waals surface area contributed by atoms with Gasteiger partial charge in [-0.3, -0.25) is 9.69 Å². The van der Waals surface area contributed by atoms with Crippen molar-refractivity contribution in [3.05, 3.63) is 0 Å². The van der Waals surface area contributed by atoms with E-state index in [-0.39, 0.29) is 23.4 Å². The minimum atomic E-state index is -3.20. The highest BCUT2D eigenvalue weighted by Crippen LogP contribution is 2.31. The number of hydrogen-bond donors (Lipinski definition) is 0. The van der Waals surface area contributed by atoms with E-state index in [9.17, 15) is 13.2 Å².